The predicted octanol–water partition coefficient (Wildman–Crippen LogP) is 2.25. The maximum Gasteiger partial charge on any atom is 0.332 e. The van der Waals surface area contributed by atoms with Crippen molar-refractivity contribution in [3.63, 3.8) is 0 Å². The van der Waals surface area contributed by atoms with Gasteiger partial charge in [0.1, 0.15) is 5.75 Å². The number of methoxy groups -OCH3 is 1. The fraction of sp³-hybridized carbons (Fsp3) is 0.353. The van der Waals surface area contributed by atoms with E-state index in [1.807, 2.05) is 0 Å². The summed E-state index contributed by atoms with van der Waals surface area (Å²) in [6, 6.07) is 3.36. The number of ether oxygens (including phenoxy) is 1. The Balaban J connectivity index is 1.75. The third kappa shape index (κ3) is 3.54. The van der Waals surface area contributed by atoms with Crippen molar-refractivity contribution < 1.29 is 4.74 Å². The standard InChI is InChI=1S/C17H19Cl2N5O3/c1-22-15-14(16(25)23(2)17(22)26)24(9-21-15)6-4-5-20-12-7-10(18)11(19)8-13(12)27-3/h7-9,20H,4-6H2,1-3H3. The van der Waals surface area contributed by atoms with Gasteiger partial charge in [0.25, 0.3) is 5.56 Å². The number of rotatable bonds is 6. The highest BCUT2D eigenvalue weighted by Crippen LogP contribution is 2.34. The Morgan fingerprint density at radius 3 is 2.56 bits per heavy atom. The van der Waals surface area contributed by atoms with Crippen molar-refractivity contribution in [3.8, 4) is 5.75 Å². The van der Waals surface area contributed by atoms with E-state index in [2.05, 4.69) is 10.3 Å². The summed E-state index contributed by atoms with van der Waals surface area (Å²) >= 11 is 12.1. The Morgan fingerprint density at radius 1 is 1.15 bits per heavy atom. The second kappa shape index (κ2) is 7.66. The number of hydrogen-bond donors (Lipinski definition) is 1. The summed E-state index contributed by atoms with van der Waals surface area (Å²) in [6.45, 7) is 1.17. The molecular weight excluding hydrogens is 393 g/mol. The SMILES string of the molecule is COc1cc(Cl)c(Cl)cc1NCCCn1cnc2c1c(=O)n(C)c(=O)n2C. The van der Waals surface area contributed by atoms with Crippen LogP contribution in [0.1, 0.15) is 6.42 Å². The number of nitrogens with one attached hydrogen (secondary N) is 1. The maximum atomic E-state index is 12.4. The minimum absolute atomic E-state index is 0.357. The van der Waals surface area contributed by atoms with Gasteiger partial charge in [0.05, 0.1) is 29.2 Å². The lowest BCUT2D eigenvalue weighted by molar-refractivity contribution is 0.416. The van der Waals surface area contributed by atoms with Crippen LogP contribution in [0.3, 0.4) is 0 Å². The van der Waals surface area contributed by atoms with Gasteiger partial charge in [-0.05, 0) is 12.5 Å². The van der Waals surface area contributed by atoms with Gasteiger partial charge in [-0.1, -0.05) is 23.2 Å². The van der Waals surface area contributed by atoms with E-state index >= 15 is 0 Å². The molecule has 1 aromatic carbocycles. The summed E-state index contributed by atoms with van der Waals surface area (Å²) in [6.07, 6.45) is 2.28. The number of anilines is 1. The van der Waals surface area contributed by atoms with Crippen LogP contribution in [0.25, 0.3) is 11.2 Å². The summed E-state index contributed by atoms with van der Waals surface area (Å²) in [5.74, 6) is 0.598. The molecule has 0 aliphatic heterocycles. The molecule has 3 aromatic rings. The van der Waals surface area contributed by atoms with Crippen LogP contribution in [0.2, 0.25) is 10.0 Å². The van der Waals surface area contributed by atoms with Crippen molar-refractivity contribution >= 4 is 40.1 Å². The molecule has 0 saturated heterocycles. The number of fused-ring (bicyclic) bond motifs is 1. The average molecular weight is 412 g/mol. The Hall–Kier alpha value is -2.45. The highest BCUT2D eigenvalue weighted by atomic mass is 35.5. The van der Waals surface area contributed by atoms with E-state index in [0.29, 0.717) is 46.5 Å². The van der Waals surface area contributed by atoms with Gasteiger partial charge in [-0.25, -0.2) is 9.78 Å². The summed E-state index contributed by atoms with van der Waals surface area (Å²) in [5, 5.41) is 4.11. The van der Waals surface area contributed by atoms with Gasteiger partial charge in [0.15, 0.2) is 11.2 Å². The van der Waals surface area contributed by atoms with Gasteiger partial charge < -0.3 is 14.6 Å². The fourth-order valence-electron chi connectivity index (χ4n) is 2.87. The first-order valence-electron chi connectivity index (χ1n) is 8.23. The molecule has 0 bridgehead atoms. The molecule has 0 radical (unpaired) electrons. The summed E-state index contributed by atoms with van der Waals surface area (Å²) in [5.41, 5.74) is 0.769. The minimum atomic E-state index is -0.397. The third-order valence-corrected chi connectivity index (χ3v) is 5.07. The van der Waals surface area contributed by atoms with Crippen LogP contribution in [-0.2, 0) is 20.6 Å². The van der Waals surface area contributed by atoms with E-state index in [-0.39, 0.29) is 5.56 Å². The number of halogens is 2. The monoisotopic (exact) mass is 411 g/mol. The lowest BCUT2D eigenvalue weighted by Gasteiger charge is -2.13. The molecule has 0 spiro atoms. The maximum absolute atomic E-state index is 12.4. The lowest BCUT2D eigenvalue weighted by Crippen LogP contribution is -2.37. The van der Waals surface area contributed by atoms with E-state index in [1.54, 1.807) is 37.2 Å². The Bertz CT molecular complexity index is 1120. The molecule has 0 aliphatic rings. The molecule has 8 nitrogen and oxygen atoms in total. The van der Waals surface area contributed by atoms with Crippen molar-refractivity contribution in [2.45, 2.75) is 13.0 Å². The number of hydrogen-bond acceptors (Lipinski definition) is 5. The molecular formula is C17H19Cl2N5O3. The fourth-order valence-corrected chi connectivity index (χ4v) is 3.19. The number of nitrogens with zero attached hydrogens (tertiary/aromatic N) is 4. The second-order valence-corrected chi connectivity index (χ2v) is 6.88. The van der Waals surface area contributed by atoms with Crippen molar-refractivity contribution in [2.75, 3.05) is 19.0 Å². The summed E-state index contributed by atoms with van der Waals surface area (Å²) in [7, 11) is 4.61. The smallest absolute Gasteiger partial charge is 0.332 e. The molecule has 0 fully saturated rings. The molecule has 10 heteroatoms. The Morgan fingerprint density at radius 2 is 1.85 bits per heavy atom. The number of aromatic nitrogens is 4. The van der Waals surface area contributed by atoms with Crippen LogP contribution >= 0.6 is 23.2 Å². The number of benzene rings is 1. The van der Waals surface area contributed by atoms with E-state index in [4.69, 9.17) is 27.9 Å². The largest absolute Gasteiger partial charge is 0.495 e. The van der Waals surface area contributed by atoms with Gasteiger partial charge in [0.2, 0.25) is 0 Å². The first kappa shape index (κ1) is 19.3. The van der Waals surface area contributed by atoms with Crippen LogP contribution in [-0.4, -0.2) is 32.3 Å². The summed E-state index contributed by atoms with van der Waals surface area (Å²) < 4.78 is 9.50. The molecule has 0 unspecified atom stereocenters. The molecule has 0 amide bonds. The highest BCUT2D eigenvalue weighted by molar-refractivity contribution is 6.42. The second-order valence-electron chi connectivity index (χ2n) is 6.06. The quantitative estimate of drug-likeness (QED) is 0.628. The van der Waals surface area contributed by atoms with Crippen LogP contribution in [0.5, 0.6) is 5.75 Å². The molecule has 144 valence electrons. The Kier molecular flexibility index (Phi) is 5.48. The van der Waals surface area contributed by atoms with E-state index in [0.717, 1.165) is 10.3 Å². The minimum Gasteiger partial charge on any atom is -0.495 e. The van der Waals surface area contributed by atoms with E-state index in [1.165, 1.54) is 11.6 Å². The molecule has 1 N–H and O–H groups in total. The molecule has 27 heavy (non-hydrogen) atoms. The molecule has 0 aliphatic carbocycles. The van der Waals surface area contributed by atoms with Crippen molar-refractivity contribution in [1.82, 2.24) is 18.7 Å². The topological polar surface area (TPSA) is 83.1 Å². The zero-order valence-electron chi connectivity index (χ0n) is 15.1. The average Bonchev–Trinajstić information content (AvgIpc) is 3.08. The van der Waals surface area contributed by atoms with Crippen LogP contribution in [0, 0.1) is 0 Å². The number of aryl methyl sites for hydroxylation is 2. The molecule has 2 aromatic heterocycles. The normalized spacial score (nSPS) is 11.1. The zero-order chi connectivity index (χ0) is 19.7. The van der Waals surface area contributed by atoms with Gasteiger partial charge in [-0.3, -0.25) is 13.9 Å². The first-order valence-corrected chi connectivity index (χ1v) is 8.98. The van der Waals surface area contributed by atoms with Crippen molar-refractivity contribution in [1.29, 1.82) is 0 Å². The van der Waals surface area contributed by atoms with Crippen LogP contribution < -0.4 is 21.3 Å². The zero-order valence-corrected chi connectivity index (χ0v) is 16.6. The van der Waals surface area contributed by atoms with Gasteiger partial charge in [-0.2, -0.15) is 0 Å². The van der Waals surface area contributed by atoms with Gasteiger partial charge >= 0.3 is 5.69 Å². The molecule has 0 saturated carbocycles. The van der Waals surface area contributed by atoms with Gasteiger partial charge in [0, 0.05) is 33.3 Å². The predicted molar refractivity (Wildman–Crippen MR) is 106 cm³/mol. The van der Waals surface area contributed by atoms with E-state index < -0.39 is 5.69 Å². The molecule has 0 atom stereocenters. The van der Waals surface area contributed by atoms with Crippen molar-refractivity contribution in [3.05, 3.63) is 49.3 Å². The Labute approximate surface area is 164 Å². The summed E-state index contributed by atoms with van der Waals surface area (Å²) in [4.78, 5) is 28.6. The lowest BCUT2D eigenvalue weighted by atomic mass is 10.2. The highest BCUT2D eigenvalue weighted by Gasteiger charge is 2.14. The number of imidazole rings is 1. The molecule has 3 rings (SSSR count). The van der Waals surface area contributed by atoms with Gasteiger partial charge in [-0.15, -0.1) is 0 Å². The van der Waals surface area contributed by atoms with Crippen LogP contribution in [0.4, 0.5) is 5.69 Å². The molecule has 2 heterocycles. The van der Waals surface area contributed by atoms with Crippen LogP contribution in [0.15, 0.2) is 28.0 Å². The first-order chi connectivity index (χ1) is 12.8. The van der Waals surface area contributed by atoms with Crippen molar-refractivity contribution in [2.24, 2.45) is 14.1 Å². The third-order valence-electron chi connectivity index (χ3n) is 4.35. The van der Waals surface area contributed by atoms with E-state index in [9.17, 15) is 9.59 Å².